The summed E-state index contributed by atoms with van der Waals surface area (Å²) in [4.78, 5) is 15.4. The molecule has 4 rings (SSSR count). The lowest BCUT2D eigenvalue weighted by Gasteiger charge is -2.16. The number of pyridine rings is 1. The lowest BCUT2D eigenvalue weighted by Crippen LogP contribution is -2.10. The van der Waals surface area contributed by atoms with E-state index < -0.39 is 0 Å². The summed E-state index contributed by atoms with van der Waals surface area (Å²) < 4.78 is 16.3. The number of aryl methyl sites for hydroxylation is 1. The Balaban J connectivity index is 2.09. The first-order valence-electron chi connectivity index (χ1n) is 8.64. The Labute approximate surface area is 168 Å². The van der Waals surface area contributed by atoms with E-state index in [0.29, 0.717) is 16.8 Å². The molecule has 0 amide bonds. The Morgan fingerprint density at radius 3 is 2.78 bits per heavy atom. The van der Waals surface area contributed by atoms with Crippen LogP contribution in [0.25, 0.3) is 32.1 Å². The Kier molecular flexibility index (Phi) is 4.66. The van der Waals surface area contributed by atoms with Gasteiger partial charge in [-0.3, -0.25) is 4.79 Å². The molecule has 4 aromatic rings. The number of hydrogen-bond acceptors (Lipinski definition) is 3. The molecule has 0 fully saturated rings. The number of benzene rings is 2. The van der Waals surface area contributed by atoms with Crippen LogP contribution in [0, 0.1) is 12.7 Å². The van der Waals surface area contributed by atoms with Crippen LogP contribution in [-0.2, 0) is 0 Å². The van der Waals surface area contributed by atoms with Gasteiger partial charge < -0.3 is 10.7 Å². The zero-order valence-corrected chi connectivity index (χ0v) is 17.3. The van der Waals surface area contributed by atoms with Crippen molar-refractivity contribution in [3.8, 4) is 11.1 Å². The largest absolute Gasteiger partial charge is 0.330 e. The highest BCUT2D eigenvalue weighted by Crippen LogP contribution is 2.40. The van der Waals surface area contributed by atoms with Crippen LogP contribution in [0.5, 0.6) is 0 Å². The monoisotopic (exact) mass is 444 g/mol. The zero-order chi connectivity index (χ0) is 19.3. The van der Waals surface area contributed by atoms with Gasteiger partial charge in [0, 0.05) is 15.2 Å². The Hall–Kier alpha value is -2.02. The molecule has 0 radical (unpaired) electrons. The van der Waals surface area contributed by atoms with E-state index in [1.165, 1.54) is 11.3 Å². The van der Waals surface area contributed by atoms with E-state index in [0.717, 1.165) is 37.5 Å². The molecule has 27 heavy (non-hydrogen) atoms. The fraction of sp³-hybridized carbons (Fsp3) is 0.190. The van der Waals surface area contributed by atoms with Crippen molar-refractivity contribution in [3.63, 3.8) is 0 Å². The normalized spacial score (nSPS) is 12.8. The van der Waals surface area contributed by atoms with E-state index in [1.807, 2.05) is 43.5 Å². The highest BCUT2D eigenvalue weighted by atomic mass is 79.9. The van der Waals surface area contributed by atoms with Crippen LogP contribution in [0.15, 0.2) is 45.0 Å². The molecule has 0 bridgehead atoms. The fourth-order valence-electron chi connectivity index (χ4n) is 3.60. The molecule has 3 N–H and O–H groups in total. The molecule has 0 saturated carbocycles. The standard InChI is InChI=1S/C21H18BrFN2OS/c1-10-7-15(22)19-18(14-5-6-27-20(14)21(26)25-19)17(10)12-3-4-13(11(2)9-24)16(23)8-12/h3-8,11H,9,24H2,1-2H3,(H,25,26). The first kappa shape index (κ1) is 18.3. The van der Waals surface area contributed by atoms with Crippen LogP contribution < -0.4 is 11.3 Å². The van der Waals surface area contributed by atoms with Gasteiger partial charge in [0.2, 0.25) is 0 Å². The predicted octanol–water partition coefficient (Wildman–Crippen LogP) is 5.68. The average molecular weight is 445 g/mol. The minimum absolute atomic E-state index is 0.0401. The van der Waals surface area contributed by atoms with E-state index in [9.17, 15) is 9.18 Å². The van der Waals surface area contributed by atoms with Crippen LogP contribution in [0.2, 0.25) is 0 Å². The summed E-state index contributed by atoms with van der Waals surface area (Å²) in [5.74, 6) is -0.298. The number of nitrogens with two attached hydrogens (primary N) is 1. The number of thiophene rings is 1. The lowest BCUT2D eigenvalue weighted by molar-refractivity contribution is 0.591. The van der Waals surface area contributed by atoms with Gasteiger partial charge in [-0.2, -0.15) is 0 Å². The molecule has 2 heterocycles. The fourth-order valence-corrected chi connectivity index (χ4v) is 5.04. The number of aromatic amines is 1. The molecule has 0 saturated heterocycles. The molecule has 6 heteroatoms. The van der Waals surface area contributed by atoms with Crippen molar-refractivity contribution in [1.82, 2.24) is 4.98 Å². The minimum atomic E-state index is -0.257. The third kappa shape index (κ3) is 2.92. The van der Waals surface area contributed by atoms with Gasteiger partial charge >= 0.3 is 0 Å². The van der Waals surface area contributed by atoms with Gasteiger partial charge in [0.1, 0.15) is 10.5 Å². The number of hydrogen-bond donors (Lipinski definition) is 2. The van der Waals surface area contributed by atoms with Gasteiger partial charge in [-0.05, 0) is 81.1 Å². The van der Waals surface area contributed by atoms with Crippen LogP contribution in [-0.4, -0.2) is 11.5 Å². The molecule has 1 atom stereocenters. The van der Waals surface area contributed by atoms with Crippen molar-refractivity contribution < 1.29 is 4.39 Å². The van der Waals surface area contributed by atoms with E-state index in [1.54, 1.807) is 6.07 Å². The highest BCUT2D eigenvalue weighted by Gasteiger charge is 2.18. The van der Waals surface area contributed by atoms with Gasteiger partial charge in [0.25, 0.3) is 5.56 Å². The first-order chi connectivity index (χ1) is 12.9. The average Bonchev–Trinajstić information content (AvgIpc) is 3.13. The number of fused-ring (bicyclic) bond motifs is 3. The second-order valence-corrected chi connectivity index (χ2v) is 8.56. The first-order valence-corrected chi connectivity index (χ1v) is 10.3. The third-order valence-electron chi connectivity index (χ3n) is 5.03. The summed E-state index contributed by atoms with van der Waals surface area (Å²) in [6.45, 7) is 4.31. The molecule has 138 valence electrons. The van der Waals surface area contributed by atoms with Crippen molar-refractivity contribution in [2.75, 3.05) is 6.54 Å². The molecule has 0 aliphatic rings. The number of halogens is 2. The van der Waals surface area contributed by atoms with E-state index in [4.69, 9.17) is 5.73 Å². The second kappa shape index (κ2) is 6.86. The molecule has 0 aliphatic carbocycles. The highest BCUT2D eigenvalue weighted by molar-refractivity contribution is 9.10. The van der Waals surface area contributed by atoms with Crippen LogP contribution in [0.4, 0.5) is 4.39 Å². The number of H-pyrrole nitrogens is 1. The van der Waals surface area contributed by atoms with Crippen LogP contribution >= 0.6 is 27.3 Å². The third-order valence-corrected chi connectivity index (χ3v) is 6.57. The molecule has 2 aromatic carbocycles. The van der Waals surface area contributed by atoms with E-state index in [-0.39, 0.29) is 17.3 Å². The summed E-state index contributed by atoms with van der Waals surface area (Å²) >= 11 is 4.97. The Bertz CT molecular complexity index is 1240. The minimum Gasteiger partial charge on any atom is -0.330 e. The van der Waals surface area contributed by atoms with Crippen molar-refractivity contribution >= 4 is 48.3 Å². The van der Waals surface area contributed by atoms with E-state index in [2.05, 4.69) is 20.9 Å². The zero-order valence-electron chi connectivity index (χ0n) is 14.9. The van der Waals surface area contributed by atoms with Crippen LogP contribution in [0.3, 0.4) is 0 Å². The maximum absolute atomic E-state index is 14.8. The quantitative estimate of drug-likeness (QED) is 0.426. The molecular formula is C21H18BrFN2OS. The van der Waals surface area contributed by atoms with Gasteiger partial charge in [-0.25, -0.2) is 4.39 Å². The van der Waals surface area contributed by atoms with Gasteiger partial charge in [0.05, 0.1) is 5.52 Å². The number of rotatable bonds is 3. The maximum atomic E-state index is 14.8. The lowest BCUT2D eigenvalue weighted by atomic mass is 9.91. The summed E-state index contributed by atoms with van der Waals surface area (Å²) in [6.07, 6.45) is 0. The van der Waals surface area contributed by atoms with Crippen molar-refractivity contribution in [3.05, 3.63) is 67.5 Å². The van der Waals surface area contributed by atoms with Crippen LogP contribution in [0.1, 0.15) is 24.0 Å². The predicted molar refractivity (Wildman–Crippen MR) is 115 cm³/mol. The van der Waals surface area contributed by atoms with Crippen molar-refractivity contribution in [1.29, 1.82) is 0 Å². The number of aromatic nitrogens is 1. The number of nitrogens with one attached hydrogen (secondary N) is 1. The maximum Gasteiger partial charge on any atom is 0.266 e. The summed E-state index contributed by atoms with van der Waals surface area (Å²) in [6, 6.07) is 9.23. The molecule has 0 aliphatic heterocycles. The second-order valence-electron chi connectivity index (χ2n) is 6.79. The Morgan fingerprint density at radius 1 is 1.30 bits per heavy atom. The SMILES string of the molecule is Cc1cc(Br)c2[nH]c(=O)c3sccc3c2c1-c1ccc(C(C)CN)c(F)c1. The molecule has 2 aromatic heterocycles. The summed E-state index contributed by atoms with van der Waals surface area (Å²) in [5.41, 5.74) is 9.66. The molecule has 1 unspecified atom stereocenters. The smallest absolute Gasteiger partial charge is 0.266 e. The summed E-state index contributed by atoms with van der Waals surface area (Å²) in [7, 11) is 0. The molecular weight excluding hydrogens is 427 g/mol. The topological polar surface area (TPSA) is 58.9 Å². The molecule has 0 spiro atoms. The van der Waals surface area contributed by atoms with Gasteiger partial charge in [0.15, 0.2) is 0 Å². The van der Waals surface area contributed by atoms with E-state index >= 15 is 0 Å². The van der Waals surface area contributed by atoms with Gasteiger partial charge in [-0.15, -0.1) is 11.3 Å². The summed E-state index contributed by atoms with van der Waals surface area (Å²) in [5, 5.41) is 3.72. The van der Waals surface area contributed by atoms with Gasteiger partial charge in [-0.1, -0.05) is 19.1 Å². The Morgan fingerprint density at radius 2 is 2.07 bits per heavy atom. The molecule has 3 nitrogen and oxygen atoms in total. The van der Waals surface area contributed by atoms with Crippen molar-refractivity contribution in [2.45, 2.75) is 19.8 Å². The van der Waals surface area contributed by atoms with Crippen molar-refractivity contribution in [2.24, 2.45) is 5.73 Å².